The molecule has 1 fully saturated rings. The Morgan fingerprint density at radius 1 is 1.40 bits per heavy atom. The summed E-state index contributed by atoms with van der Waals surface area (Å²) in [5.74, 6) is 1.10. The van der Waals surface area contributed by atoms with Crippen molar-refractivity contribution in [2.45, 2.75) is 45.3 Å². The molecule has 3 rings (SSSR count). The predicted molar refractivity (Wildman–Crippen MR) is 82.4 cm³/mol. The van der Waals surface area contributed by atoms with E-state index < -0.39 is 0 Å². The standard InChI is InChI=1S/C17H26N2O/c1-3-19(15-5-4-8-18-11-15)12-16-10-14-9-13(2)6-7-17(14)20-16/h6-7,9,15-16,18H,3-5,8,10-12H2,1-2H3. The van der Waals surface area contributed by atoms with Crippen LogP contribution >= 0.6 is 0 Å². The molecule has 1 saturated heterocycles. The third-order valence-corrected chi connectivity index (χ3v) is 4.59. The lowest BCUT2D eigenvalue weighted by atomic mass is 10.0. The van der Waals surface area contributed by atoms with Crippen molar-refractivity contribution in [1.82, 2.24) is 10.2 Å². The van der Waals surface area contributed by atoms with Crippen molar-refractivity contribution in [2.24, 2.45) is 0 Å². The maximum Gasteiger partial charge on any atom is 0.123 e. The van der Waals surface area contributed by atoms with E-state index in [4.69, 9.17) is 4.74 Å². The fraction of sp³-hybridized carbons (Fsp3) is 0.647. The van der Waals surface area contributed by atoms with Crippen LogP contribution in [0.25, 0.3) is 0 Å². The highest BCUT2D eigenvalue weighted by molar-refractivity contribution is 5.40. The maximum atomic E-state index is 6.12. The molecule has 0 spiro atoms. The molecule has 2 heterocycles. The van der Waals surface area contributed by atoms with E-state index in [1.807, 2.05) is 0 Å². The molecule has 1 aromatic carbocycles. The van der Waals surface area contributed by atoms with E-state index in [0.717, 1.165) is 31.8 Å². The van der Waals surface area contributed by atoms with Crippen molar-refractivity contribution < 1.29 is 4.74 Å². The number of ether oxygens (including phenoxy) is 1. The number of fused-ring (bicyclic) bond motifs is 1. The first kappa shape index (κ1) is 13.9. The van der Waals surface area contributed by atoms with E-state index in [1.54, 1.807) is 0 Å². The molecule has 0 radical (unpaired) electrons. The monoisotopic (exact) mass is 274 g/mol. The number of nitrogens with one attached hydrogen (secondary N) is 1. The summed E-state index contributed by atoms with van der Waals surface area (Å²) in [7, 11) is 0. The molecule has 0 bridgehead atoms. The molecule has 2 unspecified atom stereocenters. The van der Waals surface area contributed by atoms with Gasteiger partial charge in [0.1, 0.15) is 11.9 Å². The van der Waals surface area contributed by atoms with E-state index >= 15 is 0 Å². The van der Waals surface area contributed by atoms with Crippen molar-refractivity contribution >= 4 is 0 Å². The van der Waals surface area contributed by atoms with Gasteiger partial charge >= 0.3 is 0 Å². The highest BCUT2D eigenvalue weighted by Gasteiger charge is 2.28. The van der Waals surface area contributed by atoms with Crippen LogP contribution in [0.15, 0.2) is 18.2 Å². The molecule has 3 heteroatoms. The minimum absolute atomic E-state index is 0.327. The Labute approximate surface area is 122 Å². The van der Waals surface area contributed by atoms with E-state index in [1.165, 1.54) is 30.5 Å². The van der Waals surface area contributed by atoms with Crippen LogP contribution in [0.4, 0.5) is 0 Å². The van der Waals surface area contributed by atoms with Crippen LogP contribution in [-0.2, 0) is 6.42 Å². The zero-order chi connectivity index (χ0) is 13.9. The third kappa shape index (κ3) is 2.99. The molecule has 20 heavy (non-hydrogen) atoms. The van der Waals surface area contributed by atoms with Crippen molar-refractivity contribution in [3.63, 3.8) is 0 Å². The third-order valence-electron chi connectivity index (χ3n) is 4.59. The molecule has 2 aliphatic heterocycles. The van der Waals surface area contributed by atoms with Crippen molar-refractivity contribution in [3.8, 4) is 5.75 Å². The van der Waals surface area contributed by atoms with Crippen LogP contribution in [0, 0.1) is 6.92 Å². The van der Waals surface area contributed by atoms with E-state index in [9.17, 15) is 0 Å². The average molecular weight is 274 g/mol. The molecule has 0 aliphatic carbocycles. The van der Waals surface area contributed by atoms with E-state index in [-0.39, 0.29) is 0 Å². The molecular weight excluding hydrogens is 248 g/mol. The first-order chi connectivity index (χ1) is 9.76. The highest BCUT2D eigenvalue weighted by Crippen LogP contribution is 2.30. The number of piperidine rings is 1. The Morgan fingerprint density at radius 3 is 3.05 bits per heavy atom. The lowest BCUT2D eigenvalue weighted by Gasteiger charge is -2.35. The lowest BCUT2D eigenvalue weighted by molar-refractivity contribution is 0.107. The van der Waals surface area contributed by atoms with E-state index in [2.05, 4.69) is 42.3 Å². The normalized spacial score (nSPS) is 25.6. The molecule has 0 amide bonds. The fourth-order valence-corrected chi connectivity index (χ4v) is 3.49. The summed E-state index contributed by atoms with van der Waals surface area (Å²) in [5.41, 5.74) is 2.71. The zero-order valence-corrected chi connectivity index (χ0v) is 12.7. The molecule has 1 N–H and O–H groups in total. The van der Waals surface area contributed by atoms with Crippen molar-refractivity contribution in [2.75, 3.05) is 26.2 Å². The van der Waals surface area contributed by atoms with Gasteiger partial charge in [-0.1, -0.05) is 24.6 Å². The van der Waals surface area contributed by atoms with Gasteiger partial charge in [0.25, 0.3) is 0 Å². The van der Waals surface area contributed by atoms with Crippen LogP contribution in [0.5, 0.6) is 5.75 Å². The summed E-state index contributed by atoms with van der Waals surface area (Å²) in [6, 6.07) is 7.23. The summed E-state index contributed by atoms with van der Waals surface area (Å²) in [6.45, 7) is 8.89. The van der Waals surface area contributed by atoms with Crippen molar-refractivity contribution in [3.05, 3.63) is 29.3 Å². The molecule has 2 aliphatic rings. The molecular formula is C17H26N2O. The minimum atomic E-state index is 0.327. The Kier molecular flexibility index (Phi) is 4.27. The Bertz CT molecular complexity index is 454. The first-order valence-corrected chi connectivity index (χ1v) is 7.97. The Hall–Kier alpha value is -1.06. The van der Waals surface area contributed by atoms with Gasteiger partial charge in [-0.05, 0) is 44.5 Å². The first-order valence-electron chi connectivity index (χ1n) is 7.97. The van der Waals surface area contributed by atoms with Crippen LogP contribution in [0.1, 0.15) is 30.9 Å². The zero-order valence-electron chi connectivity index (χ0n) is 12.7. The number of benzene rings is 1. The number of nitrogens with zero attached hydrogens (tertiary/aromatic N) is 1. The van der Waals surface area contributed by atoms with Crippen LogP contribution in [0.2, 0.25) is 0 Å². The Morgan fingerprint density at radius 2 is 2.30 bits per heavy atom. The van der Waals surface area contributed by atoms with Crippen LogP contribution in [0.3, 0.4) is 0 Å². The number of aryl methyl sites for hydroxylation is 1. The smallest absolute Gasteiger partial charge is 0.123 e. The quantitative estimate of drug-likeness (QED) is 0.912. The fourth-order valence-electron chi connectivity index (χ4n) is 3.49. The highest BCUT2D eigenvalue weighted by atomic mass is 16.5. The number of hydrogen-bond acceptors (Lipinski definition) is 3. The maximum absolute atomic E-state index is 6.12. The Balaban J connectivity index is 1.60. The SMILES string of the molecule is CCN(CC1Cc2cc(C)ccc2O1)C1CCCNC1. The van der Waals surface area contributed by atoms with Gasteiger partial charge in [-0.15, -0.1) is 0 Å². The van der Waals surface area contributed by atoms with Gasteiger partial charge in [-0.2, -0.15) is 0 Å². The second-order valence-corrected chi connectivity index (χ2v) is 6.14. The summed E-state index contributed by atoms with van der Waals surface area (Å²) in [5, 5.41) is 3.52. The summed E-state index contributed by atoms with van der Waals surface area (Å²) in [6.07, 6.45) is 4.01. The number of likely N-dealkylation sites (N-methyl/N-ethyl adjacent to an activating group) is 1. The van der Waals surface area contributed by atoms with Crippen LogP contribution < -0.4 is 10.1 Å². The number of hydrogen-bond donors (Lipinski definition) is 1. The molecule has 1 aromatic rings. The second-order valence-electron chi connectivity index (χ2n) is 6.14. The van der Waals surface area contributed by atoms with Gasteiger partial charge in [0.2, 0.25) is 0 Å². The molecule has 3 nitrogen and oxygen atoms in total. The topological polar surface area (TPSA) is 24.5 Å². The molecule has 0 saturated carbocycles. The van der Waals surface area contributed by atoms with Gasteiger partial charge in [0.15, 0.2) is 0 Å². The van der Waals surface area contributed by atoms with Gasteiger partial charge in [-0.25, -0.2) is 0 Å². The largest absolute Gasteiger partial charge is 0.488 e. The number of rotatable bonds is 4. The molecule has 110 valence electrons. The molecule has 2 atom stereocenters. The average Bonchev–Trinajstić information content (AvgIpc) is 2.87. The van der Waals surface area contributed by atoms with Gasteiger partial charge in [0.05, 0.1) is 0 Å². The van der Waals surface area contributed by atoms with Gasteiger partial charge in [-0.3, -0.25) is 4.90 Å². The summed E-state index contributed by atoms with van der Waals surface area (Å²) in [4.78, 5) is 2.59. The predicted octanol–water partition coefficient (Wildman–Crippen LogP) is 2.37. The van der Waals surface area contributed by atoms with Crippen LogP contribution in [-0.4, -0.2) is 43.2 Å². The lowest BCUT2D eigenvalue weighted by Crippen LogP contribution is -2.49. The van der Waals surface area contributed by atoms with E-state index in [0.29, 0.717) is 12.1 Å². The van der Waals surface area contributed by atoms with Gasteiger partial charge in [0, 0.05) is 25.6 Å². The van der Waals surface area contributed by atoms with Crippen molar-refractivity contribution in [1.29, 1.82) is 0 Å². The van der Waals surface area contributed by atoms with Gasteiger partial charge < -0.3 is 10.1 Å². The molecule has 0 aromatic heterocycles. The second kappa shape index (κ2) is 6.15. The summed E-state index contributed by atoms with van der Waals surface area (Å²) < 4.78 is 6.12. The minimum Gasteiger partial charge on any atom is -0.488 e. The summed E-state index contributed by atoms with van der Waals surface area (Å²) >= 11 is 0.